The zero-order chi connectivity index (χ0) is 18.1. The number of fused-ring (bicyclic) bond motifs is 2. The van der Waals surface area contributed by atoms with E-state index >= 15 is 0 Å². The molecule has 0 aliphatic carbocycles. The molecule has 0 saturated carbocycles. The minimum atomic E-state index is -0.379. The second-order valence-corrected chi connectivity index (χ2v) is 6.15. The Bertz CT molecular complexity index is 1030. The van der Waals surface area contributed by atoms with Gasteiger partial charge < -0.3 is 18.8 Å². The fraction of sp³-hybridized carbons (Fsp3) is 0.200. The Morgan fingerprint density at radius 2 is 1.85 bits per heavy atom. The Kier molecular flexibility index (Phi) is 4.08. The maximum atomic E-state index is 12.7. The zero-order valence-corrected chi connectivity index (χ0v) is 14.2. The Hall–Kier alpha value is -3.28. The van der Waals surface area contributed by atoms with Crippen LogP contribution in [0.2, 0.25) is 0 Å². The van der Waals surface area contributed by atoms with Crippen LogP contribution >= 0.6 is 0 Å². The van der Waals surface area contributed by atoms with Crippen LogP contribution in [-0.4, -0.2) is 37.1 Å². The van der Waals surface area contributed by atoms with Gasteiger partial charge in [-0.2, -0.15) is 0 Å². The van der Waals surface area contributed by atoms with E-state index in [9.17, 15) is 9.59 Å². The summed E-state index contributed by atoms with van der Waals surface area (Å²) in [6, 6.07) is 15.5. The minimum absolute atomic E-state index is 0.00771. The van der Waals surface area contributed by atoms with Gasteiger partial charge in [0.1, 0.15) is 12.2 Å². The van der Waals surface area contributed by atoms with Crippen LogP contribution < -0.4 is 14.9 Å². The summed E-state index contributed by atoms with van der Waals surface area (Å²) in [4.78, 5) is 26.3. The molecule has 132 valence electrons. The summed E-state index contributed by atoms with van der Waals surface area (Å²) >= 11 is 0. The molecular weight excluding hydrogens is 334 g/mol. The molecule has 4 rings (SSSR count). The number of hydrogen-bond acceptors (Lipinski definition) is 5. The maximum Gasteiger partial charge on any atom is 0.289 e. The molecule has 0 fully saturated rings. The number of nitrogens with zero attached hydrogens (tertiary/aromatic N) is 1. The lowest BCUT2D eigenvalue weighted by molar-refractivity contribution is 0.0502. The first kappa shape index (κ1) is 16.2. The molecule has 1 amide bonds. The van der Waals surface area contributed by atoms with Gasteiger partial charge in [-0.25, -0.2) is 0 Å². The number of rotatable bonds is 3. The van der Waals surface area contributed by atoms with E-state index in [1.54, 1.807) is 31.3 Å². The van der Waals surface area contributed by atoms with E-state index in [1.807, 2.05) is 24.3 Å². The lowest BCUT2D eigenvalue weighted by Crippen LogP contribution is -2.41. The van der Waals surface area contributed by atoms with Crippen molar-refractivity contribution in [3.8, 4) is 11.5 Å². The Balaban J connectivity index is 1.51. The fourth-order valence-corrected chi connectivity index (χ4v) is 2.94. The third-order valence-corrected chi connectivity index (χ3v) is 4.24. The molecule has 6 heteroatoms. The number of benzene rings is 2. The van der Waals surface area contributed by atoms with Gasteiger partial charge in [0, 0.05) is 13.1 Å². The molecule has 2 heterocycles. The van der Waals surface area contributed by atoms with Gasteiger partial charge in [-0.15, -0.1) is 0 Å². The van der Waals surface area contributed by atoms with E-state index in [1.165, 1.54) is 11.0 Å². The molecule has 1 aromatic heterocycles. The molecule has 0 radical (unpaired) electrons. The summed E-state index contributed by atoms with van der Waals surface area (Å²) in [5.74, 6) is 0.976. The molecule has 0 bridgehead atoms. The first-order valence-electron chi connectivity index (χ1n) is 8.28. The second kappa shape index (κ2) is 6.55. The molecule has 3 aromatic rings. The van der Waals surface area contributed by atoms with Gasteiger partial charge in [-0.3, -0.25) is 9.59 Å². The summed E-state index contributed by atoms with van der Waals surface area (Å²) in [7, 11) is 1.64. The van der Waals surface area contributed by atoms with Crippen LogP contribution in [0, 0.1) is 0 Å². The van der Waals surface area contributed by atoms with Crippen LogP contribution in [0.25, 0.3) is 11.0 Å². The molecule has 1 aliphatic rings. The van der Waals surface area contributed by atoms with Gasteiger partial charge in [-0.05, 0) is 24.3 Å². The Labute approximate surface area is 149 Å². The van der Waals surface area contributed by atoms with Crippen molar-refractivity contribution in [2.75, 3.05) is 20.2 Å². The van der Waals surface area contributed by atoms with E-state index in [2.05, 4.69) is 0 Å². The number of likely N-dealkylation sites (N-methyl/N-ethyl adjacent to an activating group) is 1. The first-order chi connectivity index (χ1) is 12.6. The Morgan fingerprint density at radius 3 is 2.69 bits per heavy atom. The summed E-state index contributed by atoms with van der Waals surface area (Å²) in [5, 5.41) is 0.451. The summed E-state index contributed by atoms with van der Waals surface area (Å²) in [6.45, 7) is 0.653. The van der Waals surface area contributed by atoms with Crippen LogP contribution in [0.3, 0.4) is 0 Å². The van der Waals surface area contributed by atoms with Crippen molar-refractivity contribution in [3.63, 3.8) is 0 Å². The van der Waals surface area contributed by atoms with E-state index in [-0.39, 0.29) is 23.2 Å². The number of hydrogen-bond donors (Lipinski definition) is 0. The summed E-state index contributed by atoms with van der Waals surface area (Å²) < 4.78 is 17.1. The van der Waals surface area contributed by atoms with Crippen molar-refractivity contribution in [2.24, 2.45) is 0 Å². The van der Waals surface area contributed by atoms with E-state index < -0.39 is 0 Å². The third-order valence-electron chi connectivity index (χ3n) is 4.24. The van der Waals surface area contributed by atoms with Crippen molar-refractivity contribution in [1.82, 2.24) is 4.90 Å². The van der Waals surface area contributed by atoms with Crippen molar-refractivity contribution in [2.45, 2.75) is 6.10 Å². The standard InChI is InChI=1S/C20H17NO5/c1-21(11-13-12-24-17-8-4-5-9-18(17)25-13)20(23)19-10-15(22)14-6-2-3-7-16(14)26-19/h2-10,13H,11-12H2,1H3/t13-/m1/s1. The molecule has 2 aromatic carbocycles. The van der Waals surface area contributed by atoms with E-state index in [0.717, 1.165) is 0 Å². The largest absolute Gasteiger partial charge is 0.486 e. The molecule has 6 nitrogen and oxygen atoms in total. The van der Waals surface area contributed by atoms with Crippen molar-refractivity contribution in [1.29, 1.82) is 0 Å². The number of ether oxygens (including phenoxy) is 2. The highest BCUT2D eigenvalue weighted by Crippen LogP contribution is 2.31. The van der Waals surface area contributed by atoms with E-state index in [4.69, 9.17) is 13.9 Å². The molecular formula is C20H17NO5. The molecule has 26 heavy (non-hydrogen) atoms. The SMILES string of the molecule is CN(C[C@@H]1COc2ccccc2O1)C(=O)c1cc(=O)c2ccccc2o1. The fourth-order valence-electron chi connectivity index (χ4n) is 2.94. The quantitative estimate of drug-likeness (QED) is 0.726. The molecule has 1 aliphatic heterocycles. The average molecular weight is 351 g/mol. The number of carbonyl (C=O) groups is 1. The van der Waals surface area contributed by atoms with E-state index in [0.29, 0.717) is 35.6 Å². The molecule has 0 spiro atoms. The highest BCUT2D eigenvalue weighted by Gasteiger charge is 2.25. The molecule has 0 N–H and O–H groups in total. The summed E-state index contributed by atoms with van der Waals surface area (Å²) in [5.41, 5.74) is 0.151. The van der Waals surface area contributed by atoms with Gasteiger partial charge >= 0.3 is 0 Å². The van der Waals surface area contributed by atoms with Crippen molar-refractivity contribution < 1.29 is 18.7 Å². The third kappa shape index (κ3) is 3.01. The smallest absolute Gasteiger partial charge is 0.289 e. The van der Waals surface area contributed by atoms with Crippen LogP contribution in [-0.2, 0) is 0 Å². The van der Waals surface area contributed by atoms with Gasteiger partial charge in [-0.1, -0.05) is 24.3 Å². The molecule has 0 unspecified atom stereocenters. The monoisotopic (exact) mass is 351 g/mol. The maximum absolute atomic E-state index is 12.7. The predicted molar refractivity (Wildman–Crippen MR) is 95.8 cm³/mol. The lowest BCUT2D eigenvalue weighted by Gasteiger charge is -2.29. The molecule has 1 atom stereocenters. The second-order valence-electron chi connectivity index (χ2n) is 6.15. The van der Waals surface area contributed by atoms with Crippen LogP contribution in [0.4, 0.5) is 0 Å². The molecule has 0 saturated heterocycles. The van der Waals surface area contributed by atoms with Gasteiger partial charge in [0.2, 0.25) is 0 Å². The average Bonchev–Trinajstić information content (AvgIpc) is 2.67. The van der Waals surface area contributed by atoms with Crippen LogP contribution in [0.1, 0.15) is 10.6 Å². The van der Waals surface area contributed by atoms with Crippen LogP contribution in [0.5, 0.6) is 11.5 Å². The first-order valence-corrected chi connectivity index (χ1v) is 8.28. The predicted octanol–water partition coefficient (Wildman–Crippen LogP) is 2.71. The minimum Gasteiger partial charge on any atom is -0.486 e. The van der Waals surface area contributed by atoms with Crippen molar-refractivity contribution >= 4 is 16.9 Å². The van der Waals surface area contributed by atoms with Crippen molar-refractivity contribution in [3.05, 3.63) is 70.6 Å². The normalized spacial score (nSPS) is 15.7. The van der Waals surface area contributed by atoms with Gasteiger partial charge in [0.15, 0.2) is 28.8 Å². The summed E-state index contributed by atoms with van der Waals surface area (Å²) in [6.07, 6.45) is -0.300. The number of carbonyl (C=O) groups excluding carboxylic acids is 1. The number of para-hydroxylation sites is 3. The van der Waals surface area contributed by atoms with Gasteiger partial charge in [0.05, 0.1) is 11.9 Å². The Morgan fingerprint density at radius 1 is 1.12 bits per heavy atom. The highest BCUT2D eigenvalue weighted by atomic mass is 16.6. The number of amides is 1. The highest BCUT2D eigenvalue weighted by molar-refractivity contribution is 5.93. The van der Waals surface area contributed by atoms with Crippen LogP contribution in [0.15, 0.2) is 63.8 Å². The topological polar surface area (TPSA) is 69.0 Å². The zero-order valence-electron chi connectivity index (χ0n) is 14.2. The lowest BCUT2D eigenvalue weighted by atomic mass is 10.2. The van der Waals surface area contributed by atoms with Gasteiger partial charge in [0.25, 0.3) is 5.91 Å².